The molecule has 1 unspecified atom stereocenters. The second kappa shape index (κ2) is 5.05. The largest absolute Gasteiger partial charge is 0.371 e. The van der Waals surface area contributed by atoms with Gasteiger partial charge in [-0.25, -0.2) is 0 Å². The SMILES string of the molecule is Cc1cc(N2CCCC(C)C2)c(CN)c(C)n1. The Labute approximate surface area is 104 Å². The normalized spacial score (nSPS) is 20.7. The summed E-state index contributed by atoms with van der Waals surface area (Å²) < 4.78 is 0. The van der Waals surface area contributed by atoms with Gasteiger partial charge in [-0.15, -0.1) is 0 Å². The molecule has 1 saturated heterocycles. The van der Waals surface area contributed by atoms with E-state index in [1.807, 2.05) is 0 Å². The molecule has 3 heteroatoms. The average Bonchev–Trinajstić information content (AvgIpc) is 2.28. The summed E-state index contributed by atoms with van der Waals surface area (Å²) in [5, 5.41) is 0. The molecule has 1 aromatic heterocycles. The number of nitrogens with zero attached hydrogens (tertiary/aromatic N) is 2. The van der Waals surface area contributed by atoms with Gasteiger partial charge in [0.1, 0.15) is 0 Å². The molecule has 1 atom stereocenters. The maximum Gasteiger partial charge on any atom is 0.0448 e. The van der Waals surface area contributed by atoms with Crippen LogP contribution in [0.2, 0.25) is 0 Å². The Morgan fingerprint density at radius 3 is 2.88 bits per heavy atom. The van der Waals surface area contributed by atoms with E-state index in [9.17, 15) is 0 Å². The number of anilines is 1. The quantitative estimate of drug-likeness (QED) is 0.853. The molecule has 0 bridgehead atoms. The third-order valence-corrected chi connectivity index (χ3v) is 3.64. The molecule has 0 radical (unpaired) electrons. The lowest BCUT2D eigenvalue weighted by atomic mass is 9.98. The van der Waals surface area contributed by atoms with Crippen molar-refractivity contribution in [3.05, 3.63) is 23.0 Å². The summed E-state index contributed by atoms with van der Waals surface area (Å²) in [5.74, 6) is 0.781. The Morgan fingerprint density at radius 2 is 2.24 bits per heavy atom. The first-order chi connectivity index (χ1) is 8.11. The van der Waals surface area contributed by atoms with E-state index in [1.165, 1.54) is 24.1 Å². The van der Waals surface area contributed by atoms with Gasteiger partial charge in [-0.2, -0.15) is 0 Å². The second-order valence-electron chi connectivity index (χ2n) is 5.24. The van der Waals surface area contributed by atoms with Crippen LogP contribution < -0.4 is 10.6 Å². The fourth-order valence-electron chi connectivity index (χ4n) is 2.78. The lowest BCUT2D eigenvalue weighted by Gasteiger charge is -2.34. The van der Waals surface area contributed by atoms with Crippen molar-refractivity contribution >= 4 is 5.69 Å². The molecule has 0 aromatic carbocycles. The average molecular weight is 233 g/mol. The zero-order valence-corrected chi connectivity index (χ0v) is 11.2. The van der Waals surface area contributed by atoms with Crippen molar-refractivity contribution in [2.45, 2.75) is 40.2 Å². The van der Waals surface area contributed by atoms with E-state index in [2.05, 4.69) is 36.7 Å². The summed E-state index contributed by atoms with van der Waals surface area (Å²) >= 11 is 0. The fourth-order valence-corrected chi connectivity index (χ4v) is 2.78. The number of piperidine rings is 1. The highest BCUT2D eigenvalue weighted by atomic mass is 15.1. The third kappa shape index (κ3) is 2.60. The van der Waals surface area contributed by atoms with Crippen molar-refractivity contribution < 1.29 is 0 Å². The molecular formula is C14H23N3. The highest BCUT2D eigenvalue weighted by Gasteiger charge is 2.20. The minimum Gasteiger partial charge on any atom is -0.371 e. The number of hydrogen-bond donors (Lipinski definition) is 1. The van der Waals surface area contributed by atoms with Crippen molar-refractivity contribution in [3.8, 4) is 0 Å². The van der Waals surface area contributed by atoms with E-state index in [1.54, 1.807) is 0 Å². The van der Waals surface area contributed by atoms with Crippen LogP contribution in [-0.2, 0) is 6.54 Å². The molecule has 2 rings (SSSR count). The number of pyridine rings is 1. The topological polar surface area (TPSA) is 42.1 Å². The van der Waals surface area contributed by atoms with E-state index in [4.69, 9.17) is 5.73 Å². The van der Waals surface area contributed by atoms with Crippen LogP contribution in [0.1, 0.15) is 36.7 Å². The first kappa shape index (κ1) is 12.4. The van der Waals surface area contributed by atoms with E-state index in [0.29, 0.717) is 6.54 Å². The first-order valence-electron chi connectivity index (χ1n) is 6.54. The predicted octanol–water partition coefficient (Wildman–Crippen LogP) is 2.39. The number of hydrogen-bond acceptors (Lipinski definition) is 3. The van der Waals surface area contributed by atoms with E-state index < -0.39 is 0 Å². The van der Waals surface area contributed by atoms with E-state index in [-0.39, 0.29) is 0 Å². The van der Waals surface area contributed by atoms with Gasteiger partial charge < -0.3 is 10.6 Å². The van der Waals surface area contributed by atoms with Crippen LogP contribution in [0, 0.1) is 19.8 Å². The summed E-state index contributed by atoms with van der Waals surface area (Å²) in [6.07, 6.45) is 2.63. The molecule has 2 heterocycles. The molecule has 1 fully saturated rings. The molecule has 0 saturated carbocycles. The standard InChI is InChI=1S/C14H23N3/c1-10-5-4-6-17(9-10)14-7-11(2)16-12(3)13(14)8-15/h7,10H,4-6,8-9,15H2,1-3H3. The maximum absolute atomic E-state index is 5.88. The van der Waals surface area contributed by atoms with Crippen molar-refractivity contribution in [1.29, 1.82) is 0 Å². The second-order valence-corrected chi connectivity index (χ2v) is 5.24. The number of aromatic nitrogens is 1. The van der Waals surface area contributed by atoms with Gasteiger partial charge in [-0.1, -0.05) is 6.92 Å². The molecule has 0 spiro atoms. The molecule has 0 amide bonds. The Morgan fingerprint density at radius 1 is 1.47 bits per heavy atom. The van der Waals surface area contributed by atoms with Crippen LogP contribution in [0.4, 0.5) is 5.69 Å². The summed E-state index contributed by atoms with van der Waals surface area (Å²) in [7, 11) is 0. The summed E-state index contributed by atoms with van der Waals surface area (Å²) in [5.41, 5.74) is 10.6. The van der Waals surface area contributed by atoms with Crippen LogP contribution in [0.3, 0.4) is 0 Å². The maximum atomic E-state index is 5.88. The van der Waals surface area contributed by atoms with Crippen LogP contribution in [0.15, 0.2) is 6.07 Å². The Balaban J connectivity index is 2.35. The molecule has 2 N–H and O–H groups in total. The first-order valence-corrected chi connectivity index (χ1v) is 6.54. The third-order valence-electron chi connectivity index (χ3n) is 3.64. The van der Waals surface area contributed by atoms with E-state index in [0.717, 1.165) is 30.4 Å². The van der Waals surface area contributed by atoms with Gasteiger partial charge in [0.15, 0.2) is 0 Å². The van der Waals surface area contributed by atoms with Crippen molar-refractivity contribution in [2.24, 2.45) is 11.7 Å². The Kier molecular flexibility index (Phi) is 3.67. The summed E-state index contributed by atoms with van der Waals surface area (Å²) in [4.78, 5) is 7.00. The van der Waals surface area contributed by atoms with E-state index >= 15 is 0 Å². The molecule has 0 aliphatic carbocycles. The zero-order valence-electron chi connectivity index (χ0n) is 11.2. The van der Waals surface area contributed by atoms with Crippen LogP contribution >= 0.6 is 0 Å². The van der Waals surface area contributed by atoms with Crippen LogP contribution in [-0.4, -0.2) is 18.1 Å². The van der Waals surface area contributed by atoms with Crippen LogP contribution in [0.5, 0.6) is 0 Å². The predicted molar refractivity (Wildman–Crippen MR) is 72.2 cm³/mol. The number of rotatable bonds is 2. The summed E-state index contributed by atoms with van der Waals surface area (Å²) in [6, 6.07) is 2.19. The number of nitrogens with two attached hydrogens (primary N) is 1. The molecule has 1 aliphatic heterocycles. The summed E-state index contributed by atoms with van der Waals surface area (Å²) in [6.45, 7) is 9.33. The van der Waals surface area contributed by atoms with Crippen LogP contribution in [0.25, 0.3) is 0 Å². The van der Waals surface area contributed by atoms with Crippen molar-refractivity contribution in [3.63, 3.8) is 0 Å². The van der Waals surface area contributed by atoms with Crippen molar-refractivity contribution in [1.82, 2.24) is 4.98 Å². The molecule has 1 aliphatic rings. The van der Waals surface area contributed by atoms with Gasteiger partial charge in [-0.3, -0.25) is 4.98 Å². The van der Waals surface area contributed by atoms with Crippen molar-refractivity contribution in [2.75, 3.05) is 18.0 Å². The minimum absolute atomic E-state index is 0.583. The van der Waals surface area contributed by atoms with Gasteiger partial charge in [0.05, 0.1) is 0 Å². The lowest BCUT2D eigenvalue weighted by Crippen LogP contribution is -2.35. The Hall–Kier alpha value is -1.09. The number of aryl methyl sites for hydroxylation is 2. The van der Waals surface area contributed by atoms with Gasteiger partial charge in [0, 0.05) is 42.3 Å². The van der Waals surface area contributed by atoms with Gasteiger partial charge in [-0.05, 0) is 38.7 Å². The molecule has 94 valence electrons. The highest BCUT2D eigenvalue weighted by Crippen LogP contribution is 2.28. The van der Waals surface area contributed by atoms with Gasteiger partial charge in [0.25, 0.3) is 0 Å². The monoisotopic (exact) mass is 233 g/mol. The smallest absolute Gasteiger partial charge is 0.0448 e. The zero-order chi connectivity index (χ0) is 12.4. The lowest BCUT2D eigenvalue weighted by molar-refractivity contribution is 0.446. The molecule has 3 nitrogen and oxygen atoms in total. The fraction of sp³-hybridized carbons (Fsp3) is 0.643. The molecule has 17 heavy (non-hydrogen) atoms. The highest BCUT2D eigenvalue weighted by molar-refractivity contribution is 5.56. The van der Waals surface area contributed by atoms with Gasteiger partial charge >= 0.3 is 0 Å². The Bertz CT molecular complexity index is 401. The minimum atomic E-state index is 0.583. The molecular weight excluding hydrogens is 210 g/mol. The van der Waals surface area contributed by atoms with Gasteiger partial charge in [0.2, 0.25) is 0 Å². The molecule has 1 aromatic rings.